The monoisotopic (exact) mass is 412 g/mol. The fourth-order valence-corrected chi connectivity index (χ4v) is 2.57. The van der Waals surface area contributed by atoms with Crippen molar-refractivity contribution in [2.75, 3.05) is 5.32 Å². The van der Waals surface area contributed by atoms with E-state index in [1.807, 2.05) is 0 Å². The van der Waals surface area contributed by atoms with Gasteiger partial charge in [0, 0.05) is 12.2 Å². The molecule has 146 valence electrons. The highest BCUT2D eigenvalue weighted by atomic mass is 35.5. The van der Waals surface area contributed by atoms with E-state index < -0.39 is 16.8 Å². The number of anilines is 1. The smallest absolute Gasteiger partial charge is 0.360 e. The van der Waals surface area contributed by atoms with Gasteiger partial charge in [-0.1, -0.05) is 12.1 Å². The van der Waals surface area contributed by atoms with Gasteiger partial charge in [0.1, 0.15) is 6.20 Å². The summed E-state index contributed by atoms with van der Waals surface area (Å²) in [7, 11) is 0. The molecule has 1 aromatic carbocycles. The minimum absolute atomic E-state index is 0.0354. The van der Waals surface area contributed by atoms with Crippen LogP contribution in [-0.4, -0.2) is 24.7 Å². The van der Waals surface area contributed by atoms with Crippen molar-refractivity contribution in [3.05, 3.63) is 68.9 Å². The Morgan fingerprint density at radius 2 is 1.96 bits per heavy atom. The largest absolute Gasteiger partial charge is 0.435 e. The molecule has 0 fully saturated rings. The van der Waals surface area contributed by atoms with E-state index in [2.05, 4.69) is 20.4 Å². The highest BCUT2D eigenvalue weighted by Crippen LogP contribution is 2.29. The molecule has 0 atom stereocenters. The number of aromatic nitrogens is 4. The molecule has 3 aromatic rings. The fraction of sp³-hybridized carbons (Fsp3) is 0.188. The maximum atomic E-state index is 12.8. The van der Waals surface area contributed by atoms with Crippen LogP contribution >= 0.6 is 11.6 Å². The average molecular weight is 413 g/mol. The molecule has 0 spiro atoms. The van der Waals surface area contributed by atoms with E-state index in [0.717, 1.165) is 12.3 Å². The zero-order chi connectivity index (χ0) is 20.5. The molecule has 0 aliphatic rings. The van der Waals surface area contributed by atoms with Gasteiger partial charge < -0.3 is 5.32 Å². The number of aryl methyl sites for hydroxylation is 1. The summed E-state index contributed by atoms with van der Waals surface area (Å²) in [5.74, 6) is -0.0354. The zero-order valence-corrected chi connectivity index (χ0v) is 15.0. The molecule has 0 aliphatic carbocycles. The number of hydrogen-bond acceptors (Lipinski definition) is 6. The zero-order valence-electron chi connectivity index (χ0n) is 14.2. The fourth-order valence-electron chi connectivity index (χ4n) is 2.43. The third-order valence-corrected chi connectivity index (χ3v) is 3.94. The van der Waals surface area contributed by atoms with Gasteiger partial charge in [0.2, 0.25) is 11.1 Å². The molecule has 0 bridgehead atoms. The summed E-state index contributed by atoms with van der Waals surface area (Å²) >= 11 is 5.67. The summed E-state index contributed by atoms with van der Waals surface area (Å²) in [6.45, 7) is 1.70. The van der Waals surface area contributed by atoms with E-state index in [9.17, 15) is 23.3 Å². The van der Waals surface area contributed by atoms with Crippen LogP contribution in [0.3, 0.4) is 0 Å². The molecular formula is C16H12ClF3N6O2. The van der Waals surface area contributed by atoms with E-state index in [-0.39, 0.29) is 23.3 Å². The number of halogens is 4. The summed E-state index contributed by atoms with van der Waals surface area (Å²) < 4.78 is 39.6. The van der Waals surface area contributed by atoms with Gasteiger partial charge >= 0.3 is 11.9 Å². The molecule has 3 rings (SSSR count). The first kappa shape index (κ1) is 19.5. The van der Waals surface area contributed by atoms with Gasteiger partial charge in [-0.2, -0.15) is 23.3 Å². The lowest BCUT2D eigenvalue weighted by atomic mass is 10.2. The minimum atomic E-state index is -4.52. The summed E-state index contributed by atoms with van der Waals surface area (Å²) in [6.07, 6.45) is -3.52. The predicted molar refractivity (Wildman–Crippen MR) is 94.3 cm³/mol. The molecule has 2 aromatic heterocycles. The highest BCUT2D eigenvalue weighted by molar-refractivity contribution is 6.28. The first-order chi connectivity index (χ1) is 13.1. The number of nitro groups is 1. The standard InChI is InChI=1S/C16H12ClF3N6O2/c1-9-6-13(16(18,19)20)24-25(9)11-4-2-10(3-5-11)7-21-14-12(26(27)28)8-22-15(17)23-14/h2-6,8H,7H2,1H3,(H,21,22,23). The highest BCUT2D eigenvalue weighted by Gasteiger charge is 2.34. The van der Waals surface area contributed by atoms with Gasteiger partial charge in [-0.05, 0) is 42.3 Å². The Kier molecular flexibility index (Phi) is 5.18. The van der Waals surface area contributed by atoms with Crippen LogP contribution in [0.2, 0.25) is 5.28 Å². The summed E-state index contributed by atoms with van der Waals surface area (Å²) in [5.41, 5.74) is 0.211. The van der Waals surface area contributed by atoms with Crippen molar-refractivity contribution in [2.24, 2.45) is 0 Å². The normalized spacial score (nSPS) is 11.5. The van der Waals surface area contributed by atoms with Gasteiger partial charge in [-0.25, -0.2) is 9.67 Å². The maximum absolute atomic E-state index is 12.8. The lowest BCUT2D eigenvalue weighted by molar-refractivity contribution is -0.384. The third-order valence-electron chi connectivity index (χ3n) is 3.76. The summed E-state index contributed by atoms with van der Waals surface area (Å²) in [5, 5.41) is 17.2. The Labute approximate surface area is 161 Å². The summed E-state index contributed by atoms with van der Waals surface area (Å²) in [4.78, 5) is 17.7. The van der Waals surface area contributed by atoms with E-state index in [0.29, 0.717) is 16.9 Å². The molecule has 8 nitrogen and oxygen atoms in total. The van der Waals surface area contributed by atoms with Crippen LogP contribution in [0.15, 0.2) is 36.5 Å². The molecule has 0 radical (unpaired) electrons. The first-order valence-electron chi connectivity index (χ1n) is 7.79. The van der Waals surface area contributed by atoms with E-state index >= 15 is 0 Å². The molecule has 12 heteroatoms. The molecule has 1 N–H and O–H groups in total. The van der Waals surface area contributed by atoms with Crippen molar-refractivity contribution < 1.29 is 18.1 Å². The number of hydrogen-bond donors (Lipinski definition) is 1. The maximum Gasteiger partial charge on any atom is 0.435 e. The molecule has 0 unspecified atom stereocenters. The molecule has 0 saturated heterocycles. The van der Waals surface area contributed by atoms with Gasteiger partial charge in [0.15, 0.2) is 5.69 Å². The van der Waals surface area contributed by atoms with Crippen molar-refractivity contribution in [2.45, 2.75) is 19.6 Å². The number of nitrogens with zero attached hydrogens (tertiary/aromatic N) is 5. The molecule has 0 saturated carbocycles. The van der Waals surface area contributed by atoms with Crippen LogP contribution < -0.4 is 5.32 Å². The number of rotatable bonds is 5. The Hall–Kier alpha value is -3.21. The van der Waals surface area contributed by atoms with E-state index in [4.69, 9.17) is 11.6 Å². The van der Waals surface area contributed by atoms with E-state index in [1.165, 1.54) is 11.6 Å². The van der Waals surface area contributed by atoms with Gasteiger partial charge in [0.25, 0.3) is 0 Å². The minimum Gasteiger partial charge on any atom is -0.360 e. The molecule has 28 heavy (non-hydrogen) atoms. The summed E-state index contributed by atoms with van der Waals surface area (Å²) in [6, 6.07) is 7.47. The predicted octanol–water partition coefficient (Wildman–Crippen LogP) is 4.16. The Morgan fingerprint density at radius 3 is 2.54 bits per heavy atom. The van der Waals surface area contributed by atoms with Crippen LogP contribution in [0, 0.1) is 17.0 Å². The second kappa shape index (κ2) is 7.43. The van der Waals surface area contributed by atoms with Crippen LogP contribution in [0.25, 0.3) is 5.69 Å². The molecule has 0 aliphatic heterocycles. The molecule has 2 heterocycles. The van der Waals surface area contributed by atoms with Crippen molar-refractivity contribution in [1.82, 2.24) is 19.7 Å². The van der Waals surface area contributed by atoms with Crippen molar-refractivity contribution >= 4 is 23.1 Å². The van der Waals surface area contributed by atoms with Crippen LogP contribution in [0.1, 0.15) is 17.0 Å². The average Bonchev–Trinajstić information content (AvgIpc) is 3.02. The van der Waals surface area contributed by atoms with Gasteiger partial charge in [-0.3, -0.25) is 10.1 Å². The number of nitrogens with one attached hydrogen (secondary N) is 1. The second-order valence-electron chi connectivity index (χ2n) is 5.73. The second-order valence-corrected chi connectivity index (χ2v) is 6.07. The molecular weight excluding hydrogens is 401 g/mol. The van der Waals surface area contributed by atoms with Gasteiger partial charge in [-0.15, -0.1) is 0 Å². The quantitative estimate of drug-likeness (QED) is 0.384. The lowest BCUT2D eigenvalue weighted by Gasteiger charge is -2.08. The third kappa shape index (κ3) is 4.19. The van der Waals surface area contributed by atoms with Crippen molar-refractivity contribution in [3.63, 3.8) is 0 Å². The Morgan fingerprint density at radius 1 is 1.29 bits per heavy atom. The SMILES string of the molecule is Cc1cc(C(F)(F)F)nn1-c1ccc(CNc2nc(Cl)ncc2[N+](=O)[O-])cc1. The lowest BCUT2D eigenvalue weighted by Crippen LogP contribution is -2.08. The Bertz CT molecular complexity index is 1020. The van der Waals surface area contributed by atoms with Crippen LogP contribution in [0.4, 0.5) is 24.7 Å². The number of benzene rings is 1. The van der Waals surface area contributed by atoms with Crippen molar-refractivity contribution in [3.8, 4) is 5.69 Å². The Balaban J connectivity index is 1.77. The van der Waals surface area contributed by atoms with Crippen LogP contribution in [0.5, 0.6) is 0 Å². The van der Waals surface area contributed by atoms with E-state index in [1.54, 1.807) is 24.3 Å². The van der Waals surface area contributed by atoms with Crippen molar-refractivity contribution in [1.29, 1.82) is 0 Å². The van der Waals surface area contributed by atoms with Gasteiger partial charge in [0.05, 0.1) is 10.6 Å². The topological polar surface area (TPSA) is 98.8 Å². The van der Waals surface area contributed by atoms with Crippen LogP contribution in [-0.2, 0) is 12.7 Å². The first-order valence-corrected chi connectivity index (χ1v) is 8.17. The number of alkyl halides is 3. The molecule has 0 amide bonds.